The summed E-state index contributed by atoms with van der Waals surface area (Å²) in [6, 6.07) is 0. The fourth-order valence-corrected chi connectivity index (χ4v) is 9.21. The lowest BCUT2D eigenvalue weighted by Gasteiger charge is -2.18. The van der Waals surface area contributed by atoms with Gasteiger partial charge in [0.1, 0.15) is 13.2 Å². The largest absolute Gasteiger partial charge is 0.462 e. The van der Waals surface area contributed by atoms with Crippen LogP contribution in [0, 0.1) is 0 Å². The van der Waals surface area contributed by atoms with Gasteiger partial charge in [0.25, 0.3) is 0 Å². The van der Waals surface area contributed by atoms with Crippen molar-refractivity contribution in [3.8, 4) is 0 Å². The molecule has 0 aromatic rings. The Kier molecular flexibility index (Phi) is 61.8. The first-order valence-corrected chi connectivity index (χ1v) is 32.7. The predicted octanol–water partition coefficient (Wildman–Crippen LogP) is 22.4. The number of unbranched alkanes of at least 4 members (excludes halogenated alkanes) is 32. The molecular formula is C71H122O6. The number of hydrogen-bond acceptors (Lipinski definition) is 6. The lowest BCUT2D eigenvalue weighted by atomic mass is 10.0. The van der Waals surface area contributed by atoms with Gasteiger partial charge in [-0.3, -0.25) is 14.4 Å². The maximum atomic E-state index is 12.8. The number of ether oxygens (including phenoxy) is 3. The molecule has 0 saturated heterocycles. The average molecular weight is 1070 g/mol. The molecule has 0 radical (unpaired) electrons. The van der Waals surface area contributed by atoms with Crippen LogP contribution >= 0.6 is 0 Å². The number of hydrogen-bond donors (Lipinski definition) is 0. The minimum atomic E-state index is -0.814. The molecular weight excluding hydrogens is 949 g/mol. The van der Waals surface area contributed by atoms with Gasteiger partial charge in [-0.15, -0.1) is 0 Å². The van der Waals surface area contributed by atoms with Crippen LogP contribution in [0.5, 0.6) is 0 Å². The van der Waals surface area contributed by atoms with Crippen LogP contribution in [0.4, 0.5) is 0 Å². The molecule has 0 amide bonds. The van der Waals surface area contributed by atoms with Gasteiger partial charge in [-0.05, 0) is 89.9 Å². The molecule has 0 aliphatic rings. The first kappa shape index (κ1) is 73.3. The average Bonchev–Trinajstić information content (AvgIpc) is 3.43. The van der Waals surface area contributed by atoms with E-state index in [1.54, 1.807) is 0 Å². The number of esters is 3. The van der Waals surface area contributed by atoms with Crippen molar-refractivity contribution in [1.82, 2.24) is 0 Å². The SMILES string of the molecule is CC/C=C\C/C=C\C/C=C\C/C=C\C/C=C\C/C=C\CCC(=O)OC(COC(=O)CCCCCCCCC)COC(=O)CCCCCCCCCCCCCCCCCCCCCCC/C=C\C/C=C\CCCCCCC. The molecule has 0 spiro atoms. The van der Waals surface area contributed by atoms with Crippen molar-refractivity contribution < 1.29 is 28.6 Å². The van der Waals surface area contributed by atoms with E-state index in [9.17, 15) is 14.4 Å². The van der Waals surface area contributed by atoms with Crippen molar-refractivity contribution in [3.63, 3.8) is 0 Å². The molecule has 0 aromatic heterocycles. The summed E-state index contributed by atoms with van der Waals surface area (Å²) >= 11 is 0. The number of rotatable bonds is 59. The van der Waals surface area contributed by atoms with E-state index in [1.807, 2.05) is 6.08 Å². The minimum Gasteiger partial charge on any atom is -0.462 e. The lowest BCUT2D eigenvalue weighted by molar-refractivity contribution is -0.166. The minimum absolute atomic E-state index is 0.105. The van der Waals surface area contributed by atoms with E-state index in [4.69, 9.17) is 14.2 Å². The van der Waals surface area contributed by atoms with Crippen molar-refractivity contribution in [2.24, 2.45) is 0 Å². The molecule has 0 N–H and O–H groups in total. The molecule has 0 bridgehead atoms. The monoisotopic (exact) mass is 1070 g/mol. The standard InChI is InChI=1S/C71H122O6/c1-4-7-10-13-16-18-20-22-24-26-28-29-30-31-32-33-34-35-36-37-38-39-40-41-43-44-46-48-50-52-55-58-61-64-70(73)76-67-68(66-75-69(72)63-60-57-54-15-12-9-6-3)77-71(74)65-62-59-56-53-51-49-47-45-42-27-25-23-21-19-17-14-11-8-5-2/h8,11,17,19-20,22-23,25-26,28,42,45,49,51,56,59,68H,4-7,9-10,12-16,18,21,24,27,29-41,43-44,46-48,50,52-55,57-58,60-67H2,1-3H3/b11-8-,19-17-,22-20-,25-23-,28-26-,45-42-,51-49-,59-56-. The van der Waals surface area contributed by atoms with E-state index in [0.717, 1.165) is 83.5 Å². The van der Waals surface area contributed by atoms with Gasteiger partial charge in [0.15, 0.2) is 6.10 Å². The Hall–Kier alpha value is -3.67. The van der Waals surface area contributed by atoms with Crippen molar-refractivity contribution in [2.75, 3.05) is 13.2 Å². The van der Waals surface area contributed by atoms with Gasteiger partial charge in [0.2, 0.25) is 0 Å². The summed E-state index contributed by atoms with van der Waals surface area (Å²) in [4.78, 5) is 38.0. The Balaban J connectivity index is 4.08. The molecule has 0 fully saturated rings. The summed E-state index contributed by atoms with van der Waals surface area (Å²) in [5.41, 5.74) is 0. The van der Waals surface area contributed by atoms with E-state index in [0.29, 0.717) is 19.3 Å². The van der Waals surface area contributed by atoms with Crippen LogP contribution in [0.25, 0.3) is 0 Å². The zero-order chi connectivity index (χ0) is 55.7. The zero-order valence-electron chi connectivity index (χ0n) is 50.7. The topological polar surface area (TPSA) is 78.9 Å². The van der Waals surface area contributed by atoms with Gasteiger partial charge in [0, 0.05) is 19.3 Å². The van der Waals surface area contributed by atoms with Gasteiger partial charge in [0.05, 0.1) is 0 Å². The Morgan fingerprint density at radius 3 is 0.844 bits per heavy atom. The summed E-state index contributed by atoms with van der Waals surface area (Å²) in [7, 11) is 0. The van der Waals surface area contributed by atoms with Crippen LogP contribution in [0.2, 0.25) is 0 Å². The van der Waals surface area contributed by atoms with Gasteiger partial charge in [-0.2, -0.15) is 0 Å². The lowest BCUT2D eigenvalue weighted by Crippen LogP contribution is -2.30. The Morgan fingerprint density at radius 1 is 0.273 bits per heavy atom. The third-order valence-corrected chi connectivity index (χ3v) is 14.1. The number of allylic oxidation sites excluding steroid dienone is 16. The summed E-state index contributed by atoms with van der Waals surface area (Å²) in [6.07, 6.45) is 87.6. The van der Waals surface area contributed by atoms with E-state index in [2.05, 4.69) is 112 Å². The van der Waals surface area contributed by atoms with Crippen LogP contribution in [0.15, 0.2) is 97.2 Å². The number of carbonyl (C=O) groups is 3. The smallest absolute Gasteiger partial charge is 0.306 e. The van der Waals surface area contributed by atoms with Crippen LogP contribution < -0.4 is 0 Å². The first-order valence-electron chi connectivity index (χ1n) is 32.7. The van der Waals surface area contributed by atoms with Crippen molar-refractivity contribution >= 4 is 17.9 Å². The van der Waals surface area contributed by atoms with E-state index < -0.39 is 12.1 Å². The highest BCUT2D eigenvalue weighted by molar-refractivity contribution is 5.71. The van der Waals surface area contributed by atoms with Crippen molar-refractivity contribution in [3.05, 3.63) is 97.2 Å². The van der Waals surface area contributed by atoms with Crippen molar-refractivity contribution in [2.45, 2.75) is 322 Å². The summed E-state index contributed by atoms with van der Waals surface area (Å²) in [6.45, 7) is 6.43. The van der Waals surface area contributed by atoms with Crippen LogP contribution in [0.3, 0.4) is 0 Å². The van der Waals surface area contributed by atoms with Gasteiger partial charge in [-0.1, -0.05) is 304 Å². The molecule has 1 atom stereocenters. The third kappa shape index (κ3) is 63.0. The summed E-state index contributed by atoms with van der Waals surface area (Å²) < 4.78 is 16.7. The van der Waals surface area contributed by atoms with Crippen LogP contribution in [0.1, 0.15) is 316 Å². The molecule has 0 aliphatic heterocycles. The quantitative estimate of drug-likeness (QED) is 0.0261. The molecule has 0 aliphatic carbocycles. The second-order valence-corrected chi connectivity index (χ2v) is 21.6. The Labute approximate surface area is 477 Å². The van der Waals surface area contributed by atoms with Gasteiger partial charge >= 0.3 is 17.9 Å². The number of carbonyl (C=O) groups excluding carboxylic acids is 3. The molecule has 0 saturated carbocycles. The first-order chi connectivity index (χ1) is 38.0. The second kappa shape index (κ2) is 64.9. The van der Waals surface area contributed by atoms with Crippen molar-refractivity contribution in [1.29, 1.82) is 0 Å². The molecule has 0 heterocycles. The van der Waals surface area contributed by atoms with E-state index in [1.165, 1.54) is 186 Å². The highest BCUT2D eigenvalue weighted by Crippen LogP contribution is 2.17. The second-order valence-electron chi connectivity index (χ2n) is 21.6. The fraction of sp³-hybridized carbons (Fsp3) is 0.732. The zero-order valence-corrected chi connectivity index (χ0v) is 50.7. The fourth-order valence-electron chi connectivity index (χ4n) is 9.21. The normalized spacial score (nSPS) is 12.7. The highest BCUT2D eigenvalue weighted by atomic mass is 16.6. The van der Waals surface area contributed by atoms with Gasteiger partial charge < -0.3 is 14.2 Å². The van der Waals surface area contributed by atoms with E-state index >= 15 is 0 Å². The maximum Gasteiger partial charge on any atom is 0.306 e. The predicted molar refractivity (Wildman–Crippen MR) is 334 cm³/mol. The Bertz CT molecular complexity index is 1510. The molecule has 6 heteroatoms. The van der Waals surface area contributed by atoms with Gasteiger partial charge in [-0.25, -0.2) is 0 Å². The van der Waals surface area contributed by atoms with Crippen LogP contribution in [-0.4, -0.2) is 37.2 Å². The molecule has 6 nitrogen and oxygen atoms in total. The summed E-state index contributed by atoms with van der Waals surface area (Å²) in [5.74, 6) is -0.988. The molecule has 0 aromatic carbocycles. The van der Waals surface area contributed by atoms with Crippen LogP contribution in [-0.2, 0) is 28.6 Å². The Morgan fingerprint density at radius 2 is 0.532 bits per heavy atom. The molecule has 442 valence electrons. The molecule has 1 unspecified atom stereocenters. The maximum absolute atomic E-state index is 12.8. The molecule has 77 heavy (non-hydrogen) atoms. The van der Waals surface area contributed by atoms with E-state index in [-0.39, 0.29) is 31.6 Å². The summed E-state index contributed by atoms with van der Waals surface area (Å²) in [5, 5.41) is 0. The highest BCUT2D eigenvalue weighted by Gasteiger charge is 2.19. The third-order valence-electron chi connectivity index (χ3n) is 14.1. The molecule has 0 rings (SSSR count).